The Labute approximate surface area is 212 Å². The predicted octanol–water partition coefficient (Wildman–Crippen LogP) is 10.4. The van der Waals surface area contributed by atoms with Gasteiger partial charge in [0.1, 0.15) is 0 Å². The molecule has 0 aromatic rings. The van der Waals surface area contributed by atoms with Crippen LogP contribution in [0.25, 0.3) is 0 Å². The lowest BCUT2D eigenvalue weighted by Gasteiger charge is -2.36. The molecule has 34 heavy (non-hydrogen) atoms. The second-order valence-electron chi connectivity index (χ2n) is 10.9. The number of nitrogens with zero attached hydrogens (tertiary/aromatic N) is 1. The molecule has 1 nitrogen and oxygen atoms in total. The second kappa shape index (κ2) is 15.4. The van der Waals surface area contributed by atoms with Crippen LogP contribution in [0.4, 0.5) is 0 Å². The van der Waals surface area contributed by atoms with Gasteiger partial charge in [-0.2, -0.15) is 0 Å². The summed E-state index contributed by atoms with van der Waals surface area (Å²) in [7, 11) is 0. The average molecular weight is 464 g/mol. The normalized spacial score (nSPS) is 26.6. The Balaban J connectivity index is 2.13. The van der Waals surface area contributed by atoms with Crippen molar-refractivity contribution in [3.63, 3.8) is 0 Å². The third kappa shape index (κ3) is 8.86. The van der Waals surface area contributed by atoms with E-state index in [9.17, 15) is 0 Å². The van der Waals surface area contributed by atoms with Gasteiger partial charge in [-0.25, -0.2) is 0 Å². The topological polar surface area (TPSA) is 12.4 Å². The smallest absolute Gasteiger partial charge is 0.0431 e. The van der Waals surface area contributed by atoms with Gasteiger partial charge in [0.25, 0.3) is 0 Å². The molecule has 0 bridgehead atoms. The van der Waals surface area contributed by atoms with Crippen LogP contribution in [0.15, 0.2) is 63.9 Å². The molecular formula is C33H53N. The molecule has 0 saturated heterocycles. The molecule has 1 saturated carbocycles. The van der Waals surface area contributed by atoms with Crippen LogP contribution in [0, 0.1) is 29.6 Å². The third-order valence-electron chi connectivity index (χ3n) is 8.19. The predicted molar refractivity (Wildman–Crippen MR) is 153 cm³/mol. The monoisotopic (exact) mass is 463 g/mol. The second-order valence-corrected chi connectivity index (χ2v) is 10.9. The number of rotatable bonds is 12. The first-order valence-corrected chi connectivity index (χ1v) is 14.4. The molecule has 2 rings (SSSR count). The maximum Gasteiger partial charge on any atom is 0.0431 e. The van der Waals surface area contributed by atoms with Gasteiger partial charge < -0.3 is 0 Å². The number of hydrogen-bond acceptors (Lipinski definition) is 1. The van der Waals surface area contributed by atoms with E-state index < -0.39 is 0 Å². The zero-order valence-corrected chi connectivity index (χ0v) is 23.4. The van der Waals surface area contributed by atoms with Crippen molar-refractivity contribution in [3.8, 4) is 0 Å². The summed E-state index contributed by atoms with van der Waals surface area (Å²) in [5.74, 6) is 3.36. The molecule has 5 atom stereocenters. The molecule has 2 aliphatic carbocycles. The first kappa shape index (κ1) is 28.6. The molecule has 0 aromatic heterocycles. The lowest BCUT2D eigenvalue weighted by Crippen LogP contribution is -2.24. The highest BCUT2D eigenvalue weighted by molar-refractivity contribution is 5.55. The van der Waals surface area contributed by atoms with Gasteiger partial charge in [-0.15, -0.1) is 0 Å². The van der Waals surface area contributed by atoms with Crippen LogP contribution >= 0.6 is 0 Å². The molecule has 0 radical (unpaired) electrons. The fourth-order valence-electron chi connectivity index (χ4n) is 5.80. The summed E-state index contributed by atoms with van der Waals surface area (Å²) >= 11 is 0. The molecule has 1 heteroatoms. The van der Waals surface area contributed by atoms with Gasteiger partial charge in [-0.05, 0) is 82.1 Å². The maximum absolute atomic E-state index is 4.79. The van der Waals surface area contributed by atoms with Crippen molar-refractivity contribution in [2.45, 2.75) is 113 Å². The molecule has 2 aliphatic rings. The van der Waals surface area contributed by atoms with Gasteiger partial charge in [0.05, 0.1) is 0 Å². The molecule has 0 amide bonds. The fraction of sp³-hybridized carbons (Fsp3) is 0.667. The molecule has 0 aromatic carbocycles. The Kier molecular flexibility index (Phi) is 12.9. The standard InChI is InChI=1S/C33H53N/c1-8-12-15-28(10-3)20-18-26(6)33(34-11-4)22-27(7)30-16-13-17-31(24-30)32-21-19-25(5)29(23-32)14-9-2/h10-11,16,18,20,22,24-27,29,32H,8-9,12-15,17,19,21,23H2,1-7H3/b20-18-,28-10-,33-22-,34-11?. The van der Waals surface area contributed by atoms with Crippen molar-refractivity contribution in [1.29, 1.82) is 0 Å². The van der Waals surface area contributed by atoms with Crippen molar-refractivity contribution < 1.29 is 0 Å². The van der Waals surface area contributed by atoms with E-state index in [2.05, 4.69) is 78.0 Å². The highest BCUT2D eigenvalue weighted by atomic mass is 14.7. The molecule has 190 valence electrons. The first-order valence-electron chi connectivity index (χ1n) is 14.4. The van der Waals surface area contributed by atoms with E-state index in [0.29, 0.717) is 11.8 Å². The largest absolute Gasteiger partial charge is 0.266 e. The Bertz CT molecular complexity index is 787. The molecule has 0 spiro atoms. The number of aliphatic imine (C=N–C) groups is 1. The third-order valence-corrected chi connectivity index (χ3v) is 8.19. The lowest BCUT2D eigenvalue weighted by molar-refractivity contribution is 0.197. The van der Waals surface area contributed by atoms with E-state index in [1.54, 1.807) is 5.57 Å². The van der Waals surface area contributed by atoms with E-state index in [4.69, 9.17) is 4.99 Å². The van der Waals surface area contributed by atoms with E-state index in [-0.39, 0.29) is 0 Å². The minimum absolute atomic E-state index is 0.317. The van der Waals surface area contributed by atoms with Crippen LogP contribution < -0.4 is 0 Å². The van der Waals surface area contributed by atoms with Crippen molar-refractivity contribution in [2.75, 3.05) is 0 Å². The Morgan fingerprint density at radius 3 is 2.62 bits per heavy atom. The van der Waals surface area contributed by atoms with Crippen molar-refractivity contribution in [1.82, 2.24) is 0 Å². The van der Waals surface area contributed by atoms with E-state index in [1.807, 2.05) is 13.1 Å². The van der Waals surface area contributed by atoms with Crippen LogP contribution in [-0.2, 0) is 0 Å². The Morgan fingerprint density at radius 1 is 1.15 bits per heavy atom. The molecule has 0 aliphatic heterocycles. The SMILES string of the molecule is CC=N/C(=C\C(C)C1=CCCC(C2CCC(C)C(CCC)C2)=C1)C(C)/C=C\C(=C/C)CCCC. The van der Waals surface area contributed by atoms with Crippen LogP contribution in [0.2, 0.25) is 0 Å². The summed E-state index contributed by atoms with van der Waals surface area (Å²) in [6.07, 6.45) is 29.4. The molecule has 1 fully saturated rings. The Hall–Kier alpha value is -1.63. The van der Waals surface area contributed by atoms with E-state index in [1.165, 1.54) is 81.1 Å². The lowest BCUT2D eigenvalue weighted by atomic mass is 9.69. The maximum atomic E-state index is 4.79. The molecule has 5 unspecified atom stereocenters. The van der Waals surface area contributed by atoms with Gasteiger partial charge in [0.2, 0.25) is 0 Å². The van der Waals surface area contributed by atoms with Gasteiger partial charge >= 0.3 is 0 Å². The summed E-state index contributed by atoms with van der Waals surface area (Å²) in [6, 6.07) is 0. The zero-order chi connectivity index (χ0) is 24.9. The van der Waals surface area contributed by atoms with Crippen LogP contribution in [0.1, 0.15) is 113 Å². The van der Waals surface area contributed by atoms with Crippen molar-refractivity contribution in [3.05, 3.63) is 58.9 Å². The highest BCUT2D eigenvalue weighted by Gasteiger charge is 2.29. The van der Waals surface area contributed by atoms with Gasteiger partial charge in [0.15, 0.2) is 0 Å². The summed E-state index contributed by atoms with van der Waals surface area (Å²) in [5.41, 5.74) is 5.86. The molecule has 0 heterocycles. The highest BCUT2D eigenvalue weighted by Crippen LogP contribution is 2.42. The number of allylic oxidation sites excluding steroid dienone is 9. The average Bonchev–Trinajstić information content (AvgIpc) is 2.85. The molecular weight excluding hydrogens is 410 g/mol. The number of hydrogen-bond donors (Lipinski definition) is 0. The van der Waals surface area contributed by atoms with Crippen LogP contribution in [0.3, 0.4) is 0 Å². The Morgan fingerprint density at radius 2 is 1.94 bits per heavy atom. The van der Waals surface area contributed by atoms with E-state index >= 15 is 0 Å². The quantitative estimate of drug-likeness (QED) is 0.201. The summed E-state index contributed by atoms with van der Waals surface area (Å²) in [5, 5.41) is 0. The van der Waals surface area contributed by atoms with Gasteiger partial charge in [-0.1, -0.05) is 101 Å². The van der Waals surface area contributed by atoms with Crippen molar-refractivity contribution in [2.24, 2.45) is 34.6 Å². The summed E-state index contributed by atoms with van der Waals surface area (Å²) < 4.78 is 0. The van der Waals surface area contributed by atoms with Crippen molar-refractivity contribution >= 4 is 6.21 Å². The molecule has 0 N–H and O–H groups in total. The summed E-state index contributed by atoms with van der Waals surface area (Å²) in [6.45, 7) is 15.9. The van der Waals surface area contributed by atoms with Gasteiger partial charge in [-0.3, -0.25) is 4.99 Å². The van der Waals surface area contributed by atoms with Crippen LogP contribution in [-0.4, -0.2) is 6.21 Å². The zero-order valence-electron chi connectivity index (χ0n) is 23.4. The summed E-state index contributed by atoms with van der Waals surface area (Å²) in [4.78, 5) is 4.79. The van der Waals surface area contributed by atoms with Gasteiger partial charge in [0, 0.05) is 23.7 Å². The first-order chi connectivity index (χ1) is 16.4. The minimum Gasteiger partial charge on any atom is -0.266 e. The fourth-order valence-corrected chi connectivity index (χ4v) is 5.80. The number of unbranched alkanes of at least 4 members (excludes halogenated alkanes) is 1. The van der Waals surface area contributed by atoms with Crippen LogP contribution in [0.5, 0.6) is 0 Å². The minimum atomic E-state index is 0.317. The van der Waals surface area contributed by atoms with E-state index in [0.717, 1.165) is 17.8 Å².